The van der Waals surface area contributed by atoms with E-state index in [1.54, 1.807) is 12.5 Å². The zero-order valence-corrected chi connectivity index (χ0v) is 10.3. The van der Waals surface area contributed by atoms with Crippen molar-refractivity contribution in [3.8, 4) is 0 Å². The van der Waals surface area contributed by atoms with Gasteiger partial charge in [-0.25, -0.2) is 0 Å². The molecule has 1 unspecified atom stereocenters. The summed E-state index contributed by atoms with van der Waals surface area (Å²) in [6.07, 6.45) is 6.32. The van der Waals surface area contributed by atoms with Crippen molar-refractivity contribution in [2.24, 2.45) is 0 Å². The van der Waals surface area contributed by atoms with Crippen LogP contribution < -0.4 is 5.32 Å². The van der Waals surface area contributed by atoms with E-state index >= 15 is 0 Å². The topological polar surface area (TPSA) is 38.1 Å². The third-order valence-electron chi connectivity index (χ3n) is 2.87. The maximum Gasteiger partial charge on any atom is 0.0954 e. The molecule has 3 heteroatoms. The predicted molar refractivity (Wildman–Crippen MR) is 67.8 cm³/mol. The lowest BCUT2D eigenvalue weighted by Crippen LogP contribution is -2.23. The summed E-state index contributed by atoms with van der Waals surface area (Å²) in [5, 5.41) is 3.45. The zero-order valence-electron chi connectivity index (χ0n) is 10.3. The SMILES string of the molecule is CCNC(c1ccoc1)c1ncccc1CC. The molecule has 0 saturated carbocycles. The van der Waals surface area contributed by atoms with Crippen molar-refractivity contribution in [1.82, 2.24) is 10.3 Å². The first-order chi connectivity index (χ1) is 8.36. The number of aromatic nitrogens is 1. The Labute approximate surface area is 102 Å². The Balaban J connectivity index is 2.39. The van der Waals surface area contributed by atoms with E-state index in [1.165, 1.54) is 5.56 Å². The lowest BCUT2D eigenvalue weighted by Gasteiger charge is -2.18. The first kappa shape index (κ1) is 11.9. The van der Waals surface area contributed by atoms with Gasteiger partial charge in [0.2, 0.25) is 0 Å². The van der Waals surface area contributed by atoms with Crippen LogP contribution in [0.4, 0.5) is 0 Å². The van der Waals surface area contributed by atoms with E-state index in [2.05, 4.69) is 30.2 Å². The lowest BCUT2D eigenvalue weighted by atomic mass is 10.0. The monoisotopic (exact) mass is 230 g/mol. The van der Waals surface area contributed by atoms with Crippen LogP contribution in [0.25, 0.3) is 0 Å². The molecule has 0 fully saturated rings. The van der Waals surface area contributed by atoms with Crippen molar-refractivity contribution in [2.75, 3.05) is 6.54 Å². The van der Waals surface area contributed by atoms with Crippen molar-refractivity contribution in [2.45, 2.75) is 26.3 Å². The van der Waals surface area contributed by atoms with Crippen LogP contribution in [-0.4, -0.2) is 11.5 Å². The summed E-state index contributed by atoms with van der Waals surface area (Å²) in [6, 6.07) is 6.23. The Hall–Kier alpha value is -1.61. The van der Waals surface area contributed by atoms with E-state index in [0.29, 0.717) is 0 Å². The summed E-state index contributed by atoms with van der Waals surface area (Å²) in [4.78, 5) is 4.52. The molecule has 0 amide bonds. The first-order valence-electron chi connectivity index (χ1n) is 6.06. The fraction of sp³-hybridized carbons (Fsp3) is 0.357. The number of nitrogens with one attached hydrogen (secondary N) is 1. The van der Waals surface area contributed by atoms with Gasteiger partial charge >= 0.3 is 0 Å². The second kappa shape index (κ2) is 5.64. The van der Waals surface area contributed by atoms with Crippen LogP contribution in [0.15, 0.2) is 41.3 Å². The van der Waals surface area contributed by atoms with Crippen LogP contribution in [0.5, 0.6) is 0 Å². The van der Waals surface area contributed by atoms with Gasteiger partial charge in [0.1, 0.15) is 0 Å². The molecular weight excluding hydrogens is 212 g/mol. The van der Waals surface area contributed by atoms with Crippen LogP contribution in [0.2, 0.25) is 0 Å². The van der Waals surface area contributed by atoms with Crippen molar-refractivity contribution in [3.63, 3.8) is 0 Å². The molecule has 0 radical (unpaired) electrons. The van der Waals surface area contributed by atoms with Crippen molar-refractivity contribution >= 4 is 0 Å². The molecule has 2 rings (SSSR count). The van der Waals surface area contributed by atoms with Gasteiger partial charge in [0.05, 0.1) is 24.3 Å². The Kier molecular flexibility index (Phi) is 3.94. The molecule has 0 aliphatic rings. The minimum Gasteiger partial charge on any atom is -0.472 e. The highest BCUT2D eigenvalue weighted by atomic mass is 16.3. The highest BCUT2D eigenvalue weighted by Gasteiger charge is 2.17. The van der Waals surface area contributed by atoms with Crippen LogP contribution in [0.1, 0.15) is 36.7 Å². The zero-order chi connectivity index (χ0) is 12.1. The second-order valence-corrected chi connectivity index (χ2v) is 3.95. The van der Waals surface area contributed by atoms with E-state index in [9.17, 15) is 0 Å². The molecule has 90 valence electrons. The summed E-state index contributed by atoms with van der Waals surface area (Å²) in [6.45, 7) is 5.15. The highest BCUT2D eigenvalue weighted by Crippen LogP contribution is 2.23. The van der Waals surface area contributed by atoms with E-state index in [-0.39, 0.29) is 6.04 Å². The largest absolute Gasteiger partial charge is 0.472 e. The molecule has 0 aliphatic heterocycles. The Morgan fingerprint density at radius 3 is 2.88 bits per heavy atom. The number of rotatable bonds is 5. The fourth-order valence-electron chi connectivity index (χ4n) is 2.03. The third kappa shape index (κ3) is 2.56. The number of aryl methyl sites for hydroxylation is 1. The van der Waals surface area contributed by atoms with Crippen LogP contribution >= 0.6 is 0 Å². The Morgan fingerprint density at radius 1 is 1.35 bits per heavy atom. The van der Waals surface area contributed by atoms with E-state index in [0.717, 1.165) is 24.2 Å². The van der Waals surface area contributed by atoms with Gasteiger partial charge in [0, 0.05) is 11.8 Å². The summed E-state index contributed by atoms with van der Waals surface area (Å²) < 4.78 is 5.17. The molecule has 2 aromatic rings. The number of hydrogen-bond acceptors (Lipinski definition) is 3. The molecular formula is C14H18N2O. The van der Waals surface area contributed by atoms with Crippen molar-refractivity contribution < 1.29 is 4.42 Å². The maximum atomic E-state index is 5.17. The molecule has 3 nitrogen and oxygen atoms in total. The van der Waals surface area contributed by atoms with Crippen LogP contribution in [0, 0.1) is 0 Å². The maximum absolute atomic E-state index is 5.17. The number of hydrogen-bond donors (Lipinski definition) is 1. The quantitative estimate of drug-likeness (QED) is 0.858. The number of nitrogens with zero attached hydrogens (tertiary/aromatic N) is 1. The van der Waals surface area contributed by atoms with Gasteiger partial charge in [-0.05, 0) is 30.7 Å². The summed E-state index contributed by atoms with van der Waals surface area (Å²) in [7, 11) is 0. The van der Waals surface area contributed by atoms with Gasteiger partial charge in [-0.1, -0.05) is 19.9 Å². The average Bonchev–Trinajstić information content (AvgIpc) is 2.89. The molecule has 0 bridgehead atoms. The normalized spacial score (nSPS) is 12.6. The van der Waals surface area contributed by atoms with Gasteiger partial charge in [-0.2, -0.15) is 0 Å². The number of pyridine rings is 1. The van der Waals surface area contributed by atoms with Gasteiger partial charge in [-0.3, -0.25) is 4.98 Å². The standard InChI is InChI=1S/C14H18N2O/c1-3-11-6-5-8-16-13(11)14(15-4-2)12-7-9-17-10-12/h5-10,14-15H,3-4H2,1-2H3. The Bertz CT molecular complexity index is 451. The smallest absolute Gasteiger partial charge is 0.0954 e. The summed E-state index contributed by atoms with van der Waals surface area (Å²) >= 11 is 0. The van der Waals surface area contributed by atoms with Gasteiger partial charge in [0.25, 0.3) is 0 Å². The van der Waals surface area contributed by atoms with Crippen molar-refractivity contribution in [1.29, 1.82) is 0 Å². The minimum absolute atomic E-state index is 0.120. The highest BCUT2D eigenvalue weighted by molar-refractivity contribution is 5.30. The van der Waals surface area contributed by atoms with Crippen LogP contribution in [-0.2, 0) is 6.42 Å². The third-order valence-corrected chi connectivity index (χ3v) is 2.87. The van der Waals surface area contributed by atoms with Gasteiger partial charge in [-0.15, -0.1) is 0 Å². The molecule has 0 spiro atoms. The molecule has 17 heavy (non-hydrogen) atoms. The molecule has 0 saturated heterocycles. The number of furan rings is 1. The fourth-order valence-corrected chi connectivity index (χ4v) is 2.03. The van der Waals surface area contributed by atoms with Gasteiger partial charge in [0.15, 0.2) is 0 Å². The first-order valence-corrected chi connectivity index (χ1v) is 6.06. The van der Waals surface area contributed by atoms with E-state index in [4.69, 9.17) is 4.42 Å². The lowest BCUT2D eigenvalue weighted by molar-refractivity contribution is 0.549. The Morgan fingerprint density at radius 2 is 2.24 bits per heavy atom. The summed E-state index contributed by atoms with van der Waals surface area (Å²) in [5.74, 6) is 0. The van der Waals surface area contributed by atoms with E-state index < -0.39 is 0 Å². The molecule has 0 aliphatic carbocycles. The molecule has 2 aromatic heterocycles. The van der Waals surface area contributed by atoms with Crippen LogP contribution in [0.3, 0.4) is 0 Å². The molecule has 1 N–H and O–H groups in total. The van der Waals surface area contributed by atoms with Gasteiger partial charge < -0.3 is 9.73 Å². The van der Waals surface area contributed by atoms with Crippen molar-refractivity contribution in [3.05, 3.63) is 53.7 Å². The minimum atomic E-state index is 0.120. The molecule has 2 heterocycles. The average molecular weight is 230 g/mol. The molecule has 0 aromatic carbocycles. The van der Waals surface area contributed by atoms with E-state index in [1.807, 2.05) is 18.3 Å². The predicted octanol–water partition coefficient (Wildman–Crippen LogP) is 2.94. The molecule has 1 atom stereocenters. The summed E-state index contributed by atoms with van der Waals surface area (Å²) in [5.41, 5.74) is 3.50. The second-order valence-electron chi connectivity index (χ2n) is 3.95.